The fourth-order valence-corrected chi connectivity index (χ4v) is 5.51. The second-order valence-electron chi connectivity index (χ2n) is 10.9. The molecule has 1 atom stereocenters. The van der Waals surface area contributed by atoms with Gasteiger partial charge >= 0.3 is 0 Å². The van der Waals surface area contributed by atoms with Crippen molar-refractivity contribution in [3.63, 3.8) is 0 Å². The Morgan fingerprint density at radius 3 is 2.37 bits per heavy atom. The molecule has 5 rings (SSSR count). The Labute approximate surface area is 256 Å². The average Bonchev–Trinajstić information content (AvgIpc) is 3.54. The highest BCUT2D eigenvalue weighted by Crippen LogP contribution is 2.46. The highest BCUT2D eigenvalue weighted by molar-refractivity contribution is 6.31. The topological polar surface area (TPSA) is 106 Å². The number of carbonyl (C=O) groups excluding carboxylic acids is 1. The number of amides is 1. The van der Waals surface area contributed by atoms with Crippen LogP contribution in [0.5, 0.6) is 28.7 Å². The number of hydrogen-bond donors (Lipinski definition) is 2. The molecule has 4 aromatic rings. The Morgan fingerprint density at radius 1 is 0.977 bits per heavy atom. The second kappa shape index (κ2) is 12.5. The van der Waals surface area contributed by atoms with E-state index in [1.54, 1.807) is 38.4 Å². The van der Waals surface area contributed by atoms with E-state index in [1.807, 2.05) is 43.3 Å². The molecule has 1 aromatic heterocycles. The van der Waals surface area contributed by atoms with Crippen molar-refractivity contribution in [3.8, 4) is 40.0 Å². The fraction of sp³-hybridized carbons (Fsp3) is 0.333. The lowest BCUT2D eigenvalue weighted by molar-refractivity contribution is 0.0745. The fourth-order valence-electron chi connectivity index (χ4n) is 5.35. The Morgan fingerprint density at radius 2 is 1.67 bits per heavy atom. The van der Waals surface area contributed by atoms with Crippen molar-refractivity contribution in [1.82, 2.24) is 15.1 Å². The summed E-state index contributed by atoms with van der Waals surface area (Å²) in [6.07, 6.45) is 0.559. The number of carbonyl (C=O) groups is 1. The van der Waals surface area contributed by atoms with Gasteiger partial charge in [0.1, 0.15) is 17.1 Å². The molecule has 0 saturated heterocycles. The summed E-state index contributed by atoms with van der Waals surface area (Å²) in [4.78, 5) is 15.7. The third-order valence-electron chi connectivity index (χ3n) is 7.56. The Bertz CT molecular complexity index is 1650. The van der Waals surface area contributed by atoms with E-state index in [4.69, 9.17) is 30.5 Å². The minimum Gasteiger partial charge on any atom is -0.507 e. The van der Waals surface area contributed by atoms with E-state index >= 15 is 0 Å². The van der Waals surface area contributed by atoms with Crippen LogP contribution in [0.3, 0.4) is 0 Å². The van der Waals surface area contributed by atoms with Crippen LogP contribution in [0.25, 0.3) is 11.3 Å². The zero-order valence-corrected chi connectivity index (χ0v) is 25.9. The summed E-state index contributed by atoms with van der Waals surface area (Å²) in [6.45, 7) is 6.91. The number of methoxy groups -OCH3 is 3. The van der Waals surface area contributed by atoms with Gasteiger partial charge in [-0.1, -0.05) is 37.6 Å². The molecule has 10 heteroatoms. The molecule has 0 spiro atoms. The van der Waals surface area contributed by atoms with Gasteiger partial charge in [-0.2, -0.15) is 5.10 Å². The van der Waals surface area contributed by atoms with E-state index < -0.39 is 6.04 Å². The van der Waals surface area contributed by atoms with Crippen molar-refractivity contribution in [2.45, 2.75) is 33.2 Å². The number of rotatable bonds is 11. The highest BCUT2D eigenvalue weighted by atomic mass is 35.5. The number of aromatic amines is 1. The van der Waals surface area contributed by atoms with Crippen molar-refractivity contribution < 1.29 is 28.8 Å². The van der Waals surface area contributed by atoms with Crippen molar-refractivity contribution in [2.75, 3.05) is 34.5 Å². The number of halogens is 1. The monoisotopic (exact) mass is 605 g/mol. The molecule has 0 radical (unpaired) electrons. The van der Waals surface area contributed by atoms with Crippen molar-refractivity contribution >= 4 is 17.5 Å². The van der Waals surface area contributed by atoms with Crippen molar-refractivity contribution in [1.29, 1.82) is 0 Å². The highest BCUT2D eigenvalue weighted by Gasteiger charge is 2.42. The van der Waals surface area contributed by atoms with Gasteiger partial charge in [-0.25, -0.2) is 0 Å². The van der Waals surface area contributed by atoms with Gasteiger partial charge in [0.15, 0.2) is 23.0 Å². The van der Waals surface area contributed by atoms with Gasteiger partial charge in [0.25, 0.3) is 5.91 Å². The zero-order chi connectivity index (χ0) is 30.8. The Hall–Kier alpha value is -4.37. The average molecular weight is 606 g/mol. The minimum atomic E-state index is -0.524. The Balaban J connectivity index is 1.58. The first-order chi connectivity index (χ1) is 20.7. The van der Waals surface area contributed by atoms with Gasteiger partial charge < -0.3 is 29.0 Å². The molecule has 2 N–H and O–H groups in total. The van der Waals surface area contributed by atoms with Crippen LogP contribution in [0.15, 0.2) is 48.5 Å². The lowest BCUT2D eigenvalue weighted by Gasteiger charge is -2.27. The number of aryl methyl sites for hydroxylation is 1. The zero-order valence-electron chi connectivity index (χ0n) is 25.2. The van der Waals surface area contributed by atoms with E-state index in [2.05, 4.69) is 24.0 Å². The molecule has 3 aromatic carbocycles. The number of hydrogen-bond acceptors (Lipinski definition) is 7. The van der Waals surface area contributed by atoms with Crippen molar-refractivity contribution in [3.05, 3.63) is 81.5 Å². The predicted molar refractivity (Wildman–Crippen MR) is 165 cm³/mol. The summed E-state index contributed by atoms with van der Waals surface area (Å²) in [7, 11) is 4.78. The number of phenols is 1. The maximum absolute atomic E-state index is 13.9. The van der Waals surface area contributed by atoms with Crippen molar-refractivity contribution in [2.24, 2.45) is 5.92 Å². The van der Waals surface area contributed by atoms with Crippen LogP contribution < -0.4 is 18.9 Å². The van der Waals surface area contributed by atoms with E-state index in [0.717, 1.165) is 16.7 Å². The van der Waals surface area contributed by atoms with Crippen LogP contribution in [0, 0.1) is 12.8 Å². The van der Waals surface area contributed by atoms with Crippen LogP contribution in [0.4, 0.5) is 0 Å². The molecule has 0 bridgehead atoms. The third kappa shape index (κ3) is 5.82. The lowest BCUT2D eigenvalue weighted by atomic mass is 9.94. The third-order valence-corrected chi connectivity index (χ3v) is 7.97. The summed E-state index contributed by atoms with van der Waals surface area (Å²) in [5, 5.41) is 18.8. The molecule has 1 unspecified atom stereocenters. The summed E-state index contributed by atoms with van der Waals surface area (Å²) >= 11 is 6.46. The number of ether oxygens (including phenoxy) is 4. The molecule has 0 fully saturated rings. The quantitative estimate of drug-likeness (QED) is 0.199. The molecular formula is C33H36ClN3O6. The standard InChI is InChI=1S/C33H36ClN3O6/c1-18(2)17-43-26-10-8-21(15-28(26)42-6)32-29-30(22-16-23(34)19(3)13-24(22)38)35-36-31(29)33(39)37(32)12-11-20-7-9-25(40-4)27(14-20)41-5/h7-10,13-16,18,32,38H,11-12,17H2,1-6H3,(H,35,36). The van der Waals surface area contributed by atoms with Gasteiger partial charge in [-0.05, 0) is 72.4 Å². The Kier molecular flexibility index (Phi) is 8.73. The van der Waals surface area contributed by atoms with E-state index in [9.17, 15) is 9.90 Å². The molecule has 0 aliphatic carbocycles. The number of fused-ring (bicyclic) bond motifs is 1. The number of phenolic OH excluding ortho intramolecular Hbond substituents is 1. The summed E-state index contributed by atoms with van der Waals surface area (Å²) < 4.78 is 22.6. The van der Waals surface area contributed by atoms with Crippen LogP contribution in [-0.2, 0) is 6.42 Å². The molecule has 43 heavy (non-hydrogen) atoms. The molecular weight excluding hydrogens is 570 g/mol. The molecule has 2 heterocycles. The van der Waals surface area contributed by atoms with Gasteiger partial charge in [0.2, 0.25) is 0 Å². The van der Waals surface area contributed by atoms with Crippen LogP contribution in [-0.4, -0.2) is 60.6 Å². The maximum atomic E-state index is 13.9. The molecule has 9 nitrogen and oxygen atoms in total. The smallest absolute Gasteiger partial charge is 0.273 e. The molecule has 1 aliphatic heterocycles. The molecule has 226 valence electrons. The summed E-state index contributed by atoms with van der Waals surface area (Å²) in [5.74, 6) is 2.61. The van der Waals surface area contributed by atoms with Gasteiger partial charge in [-0.15, -0.1) is 0 Å². The minimum absolute atomic E-state index is 0.0289. The SMILES string of the molecule is COc1ccc(CCN2C(=O)c3[nH]nc(-c4cc(Cl)c(C)cc4O)c3C2c2ccc(OCC(C)C)c(OC)c2)cc1OC. The first-order valence-corrected chi connectivity index (χ1v) is 14.4. The lowest BCUT2D eigenvalue weighted by Crippen LogP contribution is -2.31. The number of nitrogens with zero attached hydrogens (tertiary/aromatic N) is 2. The maximum Gasteiger partial charge on any atom is 0.273 e. The number of aromatic hydroxyl groups is 1. The van der Waals surface area contributed by atoms with E-state index in [0.29, 0.717) is 76.0 Å². The first kappa shape index (κ1) is 30.1. The van der Waals surface area contributed by atoms with Crippen LogP contribution >= 0.6 is 11.6 Å². The number of aromatic nitrogens is 2. The largest absolute Gasteiger partial charge is 0.507 e. The molecule has 0 saturated carbocycles. The number of H-pyrrole nitrogens is 1. The van der Waals surface area contributed by atoms with Gasteiger partial charge in [0.05, 0.1) is 34.0 Å². The van der Waals surface area contributed by atoms with Crippen LogP contribution in [0.1, 0.15) is 52.6 Å². The van der Waals surface area contributed by atoms with Crippen LogP contribution in [0.2, 0.25) is 5.02 Å². The van der Waals surface area contributed by atoms with E-state index in [1.165, 1.54) is 0 Å². The van der Waals surface area contributed by atoms with E-state index in [-0.39, 0.29) is 11.7 Å². The summed E-state index contributed by atoms with van der Waals surface area (Å²) in [5.41, 5.74) is 4.45. The van der Waals surface area contributed by atoms with Gasteiger partial charge in [-0.3, -0.25) is 9.89 Å². The summed E-state index contributed by atoms with van der Waals surface area (Å²) in [6, 6.07) is 14.2. The normalized spacial score (nSPS) is 14.3. The number of nitrogens with one attached hydrogen (secondary N) is 1. The van der Waals surface area contributed by atoms with Gasteiger partial charge in [0, 0.05) is 22.7 Å². The first-order valence-electron chi connectivity index (χ1n) is 14.1. The second-order valence-corrected chi connectivity index (χ2v) is 11.3. The predicted octanol–water partition coefficient (Wildman–Crippen LogP) is 6.59. The molecule has 1 amide bonds. The molecule has 1 aliphatic rings. The number of benzene rings is 3.